The molecular formula is C18H20N2O3S. The monoisotopic (exact) mass is 344 g/mol. The Labute approximate surface area is 145 Å². The Bertz CT molecular complexity index is 677. The van der Waals surface area contributed by atoms with Crippen LogP contribution in [0.4, 0.5) is 0 Å². The van der Waals surface area contributed by atoms with Crippen LogP contribution in [0.2, 0.25) is 0 Å². The second-order valence-electron chi connectivity index (χ2n) is 5.73. The first kappa shape index (κ1) is 16.8. The molecule has 1 fully saturated rings. The molecule has 0 atom stereocenters. The standard InChI is InChI=1S/C18H20N2O3S/c1-2-23-17(22)14-8-10-20(11-9-14)18-19-16(21)15(24-18)12-13-6-4-3-5-7-13/h3-7,12,14H,2,8-11H2,1H3. The van der Waals surface area contributed by atoms with Crippen LogP contribution in [0.3, 0.4) is 0 Å². The maximum Gasteiger partial charge on any atom is 0.309 e. The molecule has 0 aliphatic carbocycles. The van der Waals surface area contributed by atoms with E-state index in [1.165, 1.54) is 11.8 Å². The van der Waals surface area contributed by atoms with E-state index in [2.05, 4.69) is 9.89 Å². The summed E-state index contributed by atoms with van der Waals surface area (Å²) >= 11 is 1.41. The maximum atomic E-state index is 12.1. The highest BCUT2D eigenvalue weighted by molar-refractivity contribution is 8.18. The van der Waals surface area contributed by atoms with Gasteiger partial charge >= 0.3 is 5.97 Å². The molecule has 126 valence electrons. The van der Waals surface area contributed by atoms with Gasteiger partial charge in [-0.25, -0.2) is 0 Å². The Morgan fingerprint density at radius 1 is 1.33 bits per heavy atom. The normalized spacial score (nSPS) is 20.4. The van der Waals surface area contributed by atoms with Gasteiger partial charge in [0.05, 0.1) is 17.4 Å². The van der Waals surface area contributed by atoms with Crippen LogP contribution in [0.25, 0.3) is 6.08 Å². The van der Waals surface area contributed by atoms with Gasteiger partial charge in [0, 0.05) is 13.1 Å². The highest BCUT2D eigenvalue weighted by Gasteiger charge is 2.31. The van der Waals surface area contributed by atoms with Crippen LogP contribution in [0.15, 0.2) is 40.2 Å². The quantitative estimate of drug-likeness (QED) is 0.623. The molecule has 2 heterocycles. The van der Waals surface area contributed by atoms with E-state index in [0.717, 1.165) is 36.7 Å². The van der Waals surface area contributed by atoms with E-state index >= 15 is 0 Å². The molecule has 2 aliphatic heterocycles. The lowest BCUT2D eigenvalue weighted by molar-refractivity contribution is -0.149. The first-order valence-electron chi connectivity index (χ1n) is 8.16. The van der Waals surface area contributed by atoms with Crippen LogP contribution >= 0.6 is 11.8 Å². The SMILES string of the molecule is CCOC(=O)C1CCN(C2=NC(=O)C(=Cc3ccccc3)S2)CC1. The second-order valence-corrected chi connectivity index (χ2v) is 6.74. The predicted molar refractivity (Wildman–Crippen MR) is 95.4 cm³/mol. The summed E-state index contributed by atoms with van der Waals surface area (Å²) in [7, 11) is 0. The molecule has 0 spiro atoms. The van der Waals surface area contributed by atoms with Gasteiger partial charge in [-0.15, -0.1) is 0 Å². The number of hydrogen-bond acceptors (Lipinski definition) is 5. The fourth-order valence-electron chi connectivity index (χ4n) is 2.80. The number of rotatable bonds is 3. The molecule has 0 radical (unpaired) electrons. The summed E-state index contributed by atoms with van der Waals surface area (Å²) in [4.78, 5) is 30.8. The van der Waals surface area contributed by atoms with Gasteiger partial charge in [-0.1, -0.05) is 30.3 Å². The molecule has 0 N–H and O–H groups in total. The topological polar surface area (TPSA) is 59.0 Å². The number of nitrogens with zero attached hydrogens (tertiary/aromatic N) is 2. The lowest BCUT2D eigenvalue weighted by Gasteiger charge is -2.31. The van der Waals surface area contributed by atoms with Crippen molar-refractivity contribution in [3.8, 4) is 0 Å². The largest absolute Gasteiger partial charge is 0.466 e. The van der Waals surface area contributed by atoms with Gasteiger partial charge in [0.25, 0.3) is 5.91 Å². The Hall–Kier alpha value is -2.08. The molecule has 0 saturated carbocycles. The summed E-state index contributed by atoms with van der Waals surface area (Å²) < 4.78 is 5.09. The highest BCUT2D eigenvalue weighted by Crippen LogP contribution is 2.32. The molecule has 3 rings (SSSR count). The number of hydrogen-bond donors (Lipinski definition) is 0. The number of ether oxygens (including phenoxy) is 1. The average Bonchev–Trinajstić information content (AvgIpc) is 2.97. The Balaban J connectivity index is 1.60. The molecule has 1 amide bonds. The number of piperidine rings is 1. The molecule has 6 heteroatoms. The zero-order valence-corrected chi connectivity index (χ0v) is 14.4. The van der Waals surface area contributed by atoms with E-state index in [1.807, 2.05) is 43.3 Å². The van der Waals surface area contributed by atoms with E-state index in [4.69, 9.17) is 4.74 Å². The lowest BCUT2D eigenvalue weighted by Crippen LogP contribution is -2.39. The zero-order valence-electron chi connectivity index (χ0n) is 13.6. The third-order valence-electron chi connectivity index (χ3n) is 4.09. The third kappa shape index (κ3) is 3.87. The van der Waals surface area contributed by atoms with Gasteiger partial charge in [0.2, 0.25) is 0 Å². The number of thioether (sulfide) groups is 1. The van der Waals surface area contributed by atoms with E-state index < -0.39 is 0 Å². The Kier molecular flexibility index (Phi) is 5.35. The molecule has 2 aliphatic rings. The molecule has 24 heavy (non-hydrogen) atoms. The second kappa shape index (κ2) is 7.66. The first-order chi connectivity index (χ1) is 11.7. The summed E-state index contributed by atoms with van der Waals surface area (Å²) in [6, 6.07) is 9.76. The van der Waals surface area contributed by atoms with Crippen molar-refractivity contribution in [3.05, 3.63) is 40.8 Å². The maximum absolute atomic E-state index is 12.1. The smallest absolute Gasteiger partial charge is 0.309 e. The van der Waals surface area contributed by atoms with Crippen LogP contribution in [-0.4, -0.2) is 41.6 Å². The number of amidine groups is 1. The van der Waals surface area contributed by atoms with Crippen LogP contribution < -0.4 is 0 Å². The van der Waals surface area contributed by atoms with Crippen molar-refractivity contribution >= 4 is 34.9 Å². The highest BCUT2D eigenvalue weighted by atomic mass is 32.2. The predicted octanol–water partition coefficient (Wildman–Crippen LogP) is 2.93. The minimum absolute atomic E-state index is 0.0387. The van der Waals surface area contributed by atoms with Gasteiger partial charge < -0.3 is 9.64 Å². The van der Waals surface area contributed by atoms with Gasteiger partial charge in [-0.2, -0.15) is 4.99 Å². The van der Waals surface area contributed by atoms with Crippen molar-refractivity contribution in [2.75, 3.05) is 19.7 Å². The first-order valence-corrected chi connectivity index (χ1v) is 8.98. The number of amides is 1. The van der Waals surface area contributed by atoms with Crippen molar-refractivity contribution in [1.29, 1.82) is 0 Å². The summed E-state index contributed by atoms with van der Waals surface area (Å²) in [5.74, 6) is -0.339. The molecule has 1 aromatic carbocycles. The minimum atomic E-state index is -0.189. The zero-order chi connectivity index (χ0) is 16.9. The van der Waals surface area contributed by atoms with Crippen molar-refractivity contribution in [2.24, 2.45) is 10.9 Å². The van der Waals surface area contributed by atoms with Crippen LogP contribution in [0.5, 0.6) is 0 Å². The van der Waals surface area contributed by atoms with Crippen LogP contribution in [-0.2, 0) is 14.3 Å². The molecule has 5 nitrogen and oxygen atoms in total. The van der Waals surface area contributed by atoms with E-state index in [0.29, 0.717) is 11.5 Å². The number of esters is 1. The van der Waals surface area contributed by atoms with E-state index in [-0.39, 0.29) is 17.8 Å². The molecule has 0 bridgehead atoms. The van der Waals surface area contributed by atoms with Crippen LogP contribution in [0, 0.1) is 5.92 Å². The van der Waals surface area contributed by atoms with Gasteiger partial charge in [-0.3, -0.25) is 9.59 Å². The van der Waals surface area contributed by atoms with Gasteiger partial charge in [0.15, 0.2) is 5.17 Å². The molecule has 1 aromatic rings. The van der Waals surface area contributed by atoms with Crippen molar-refractivity contribution in [3.63, 3.8) is 0 Å². The van der Waals surface area contributed by atoms with E-state index in [9.17, 15) is 9.59 Å². The molecular weight excluding hydrogens is 324 g/mol. The molecule has 0 aromatic heterocycles. The van der Waals surface area contributed by atoms with Crippen molar-refractivity contribution in [1.82, 2.24) is 4.90 Å². The number of benzene rings is 1. The lowest BCUT2D eigenvalue weighted by atomic mass is 9.97. The number of carbonyl (C=O) groups excluding carboxylic acids is 2. The average molecular weight is 344 g/mol. The Morgan fingerprint density at radius 3 is 2.71 bits per heavy atom. The number of likely N-dealkylation sites (tertiary alicyclic amines) is 1. The van der Waals surface area contributed by atoms with E-state index in [1.54, 1.807) is 0 Å². The fourth-order valence-corrected chi connectivity index (χ4v) is 3.77. The van der Waals surface area contributed by atoms with Crippen molar-refractivity contribution in [2.45, 2.75) is 19.8 Å². The minimum Gasteiger partial charge on any atom is -0.466 e. The fraction of sp³-hybridized carbons (Fsp3) is 0.389. The van der Waals surface area contributed by atoms with Gasteiger partial charge in [-0.05, 0) is 43.2 Å². The summed E-state index contributed by atoms with van der Waals surface area (Å²) in [5, 5.41) is 0.740. The molecule has 0 unspecified atom stereocenters. The number of aliphatic imine (C=N–C) groups is 1. The third-order valence-corrected chi connectivity index (χ3v) is 5.14. The van der Waals surface area contributed by atoms with Crippen molar-refractivity contribution < 1.29 is 14.3 Å². The van der Waals surface area contributed by atoms with Gasteiger partial charge in [0.1, 0.15) is 0 Å². The Morgan fingerprint density at radius 2 is 2.04 bits per heavy atom. The summed E-state index contributed by atoms with van der Waals surface area (Å²) in [6.45, 7) is 3.69. The van der Waals surface area contributed by atoms with Crippen LogP contribution in [0.1, 0.15) is 25.3 Å². The summed E-state index contributed by atoms with van der Waals surface area (Å²) in [5.41, 5.74) is 0.991. The molecule has 1 saturated heterocycles. The summed E-state index contributed by atoms with van der Waals surface area (Å²) in [6.07, 6.45) is 3.35. The number of carbonyl (C=O) groups is 2.